The van der Waals surface area contributed by atoms with Gasteiger partial charge in [-0.1, -0.05) is 6.92 Å². The van der Waals surface area contributed by atoms with E-state index < -0.39 is 11.6 Å². The van der Waals surface area contributed by atoms with Crippen LogP contribution in [0, 0.1) is 11.6 Å². The second-order valence-corrected chi connectivity index (χ2v) is 4.76. The fourth-order valence-corrected chi connectivity index (χ4v) is 3.20. The Labute approximate surface area is 97.1 Å². The zero-order valence-electron chi connectivity index (χ0n) is 9.23. The first-order valence-electron chi connectivity index (χ1n) is 5.21. The van der Waals surface area contributed by atoms with E-state index in [-0.39, 0.29) is 0 Å². The summed E-state index contributed by atoms with van der Waals surface area (Å²) in [5.41, 5.74) is 1.05. The number of fused-ring (bicyclic) bond motifs is 1. The molecule has 0 aliphatic rings. The molecular weight excluding hydrogens is 228 g/mol. The summed E-state index contributed by atoms with van der Waals surface area (Å²) in [5.74, 6) is -0.967. The SMILES string of the molecule is CCc1c(CNC)sc2c(F)cc(F)cc12. The quantitative estimate of drug-likeness (QED) is 0.867. The molecule has 0 unspecified atom stereocenters. The summed E-state index contributed by atoms with van der Waals surface area (Å²) in [5, 5.41) is 3.77. The Hall–Kier alpha value is -1.00. The number of aryl methyl sites for hydroxylation is 1. The van der Waals surface area contributed by atoms with E-state index in [4.69, 9.17) is 0 Å². The predicted octanol–water partition coefficient (Wildman–Crippen LogP) is 3.46. The lowest BCUT2D eigenvalue weighted by molar-refractivity contribution is 0.593. The van der Waals surface area contributed by atoms with Crippen LogP contribution in [0.5, 0.6) is 0 Å². The highest BCUT2D eigenvalue weighted by molar-refractivity contribution is 7.19. The predicted molar refractivity (Wildman–Crippen MR) is 63.9 cm³/mol. The van der Waals surface area contributed by atoms with Crippen LogP contribution in [0.4, 0.5) is 8.78 Å². The molecule has 1 aromatic carbocycles. The van der Waals surface area contributed by atoms with E-state index in [0.717, 1.165) is 28.3 Å². The van der Waals surface area contributed by atoms with Gasteiger partial charge in [0.1, 0.15) is 11.6 Å². The van der Waals surface area contributed by atoms with Crippen LogP contribution in [0.1, 0.15) is 17.4 Å². The third kappa shape index (κ3) is 1.83. The third-order valence-corrected chi connectivity index (χ3v) is 3.84. The van der Waals surface area contributed by atoms with Crippen molar-refractivity contribution in [1.82, 2.24) is 5.32 Å². The lowest BCUT2D eigenvalue weighted by atomic mass is 10.1. The number of halogens is 2. The molecule has 1 aromatic heterocycles. The fourth-order valence-electron chi connectivity index (χ4n) is 1.91. The molecule has 0 saturated heterocycles. The number of thiophene rings is 1. The maximum atomic E-state index is 13.6. The lowest BCUT2D eigenvalue weighted by Gasteiger charge is -2.00. The molecule has 0 spiro atoms. The zero-order valence-corrected chi connectivity index (χ0v) is 10.0. The Morgan fingerprint density at radius 3 is 2.69 bits per heavy atom. The summed E-state index contributed by atoms with van der Waals surface area (Å²) in [6, 6.07) is 2.37. The molecular formula is C12H13F2NS. The van der Waals surface area contributed by atoms with Gasteiger partial charge in [-0.25, -0.2) is 8.78 Å². The molecule has 2 aromatic rings. The van der Waals surface area contributed by atoms with E-state index in [1.165, 1.54) is 17.4 Å². The average Bonchev–Trinajstić information content (AvgIpc) is 2.56. The Morgan fingerprint density at radius 2 is 2.06 bits per heavy atom. The normalized spacial score (nSPS) is 11.2. The van der Waals surface area contributed by atoms with E-state index in [0.29, 0.717) is 11.2 Å². The smallest absolute Gasteiger partial charge is 0.143 e. The first-order valence-corrected chi connectivity index (χ1v) is 6.03. The van der Waals surface area contributed by atoms with E-state index in [9.17, 15) is 8.78 Å². The maximum Gasteiger partial charge on any atom is 0.143 e. The van der Waals surface area contributed by atoms with E-state index in [2.05, 4.69) is 5.32 Å². The van der Waals surface area contributed by atoms with Crippen LogP contribution in [0.3, 0.4) is 0 Å². The largest absolute Gasteiger partial charge is 0.315 e. The van der Waals surface area contributed by atoms with E-state index in [1.807, 2.05) is 14.0 Å². The number of hydrogen-bond donors (Lipinski definition) is 1. The van der Waals surface area contributed by atoms with Gasteiger partial charge in [-0.15, -0.1) is 11.3 Å². The monoisotopic (exact) mass is 241 g/mol. The minimum Gasteiger partial charge on any atom is -0.315 e. The first kappa shape index (κ1) is 11.5. The average molecular weight is 241 g/mol. The van der Waals surface area contributed by atoms with Crippen molar-refractivity contribution < 1.29 is 8.78 Å². The number of rotatable bonds is 3. The summed E-state index contributed by atoms with van der Waals surface area (Å²) >= 11 is 1.40. The van der Waals surface area contributed by atoms with Gasteiger partial charge in [0.15, 0.2) is 0 Å². The van der Waals surface area contributed by atoms with Crippen LogP contribution >= 0.6 is 11.3 Å². The molecule has 0 radical (unpaired) electrons. The molecule has 16 heavy (non-hydrogen) atoms. The van der Waals surface area contributed by atoms with E-state index >= 15 is 0 Å². The lowest BCUT2D eigenvalue weighted by Crippen LogP contribution is -2.04. The molecule has 2 rings (SSSR count). The molecule has 0 fully saturated rings. The van der Waals surface area contributed by atoms with Crippen LogP contribution in [0.15, 0.2) is 12.1 Å². The third-order valence-electron chi connectivity index (χ3n) is 2.59. The van der Waals surface area contributed by atoms with Gasteiger partial charge >= 0.3 is 0 Å². The second kappa shape index (κ2) is 4.47. The van der Waals surface area contributed by atoms with Gasteiger partial charge < -0.3 is 5.32 Å². The molecule has 0 atom stereocenters. The molecule has 0 amide bonds. The minimum absolute atomic E-state index is 0.461. The van der Waals surface area contributed by atoms with E-state index in [1.54, 1.807) is 0 Å². The van der Waals surface area contributed by atoms with Gasteiger partial charge in [-0.2, -0.15) is 0 Å². The van der Waals surface area contributed by atoms with Crippen molar-refractivity contribution in [2.75, 3.05) is 7.05 Å². The highest BCUT2D eigenvalue weighted by Crippen LogP contribution is 2.34. The summed E-state index contributed by atoms with van der Waals surface area (Å²) < 4.78 is 27.3. The van der Waals surface area contributed by atoms with Crippen molar-refractivity contribution in [2.24, 2.45) is 0 Å². The first-order chi connectivity index (χ1) is 7.67. The number of nitrogens with one attached hydrogen (secondary N) is 1. The molecule has 0 bridgehead atoms. The van der Waals surface area contributed by atoms with Gasteiger partial charge in [0.2, 0.25) is 0 Å². The Bertz CT molecular complexity index is 519. The van der Waals surface area contributed by atoms with Crippen molar-refractivity contribution in [3.8, 4) is 0 Å². The fraction of sp³-hybridized carbons (Fsp3) is 0.333. The maximum absolute atomic E-state index is 13.6. The van der Waals surface area contributed by atoms with Crippen LogP contribution in [-0.2, 0) is 13.0 Å². The molecule has 0 saturated carbocycles. The summed E-state index contributed by atoms with van der Waals surface area (Å²) in [4.78, 5) is 1.09. The minimum atomic E-state index is -0.506. The molecule has 4 heteroatoms. The van der Waals surface area contributed by atoms with Gasteiger partial charge in [0.25, 0.3) is 0 Å². The van der Waals surface area contributed by atoms with Crippen LogP contribution in [0.2, 0.25) is 0 Å². The molecule has 1 nitrogen and oxygen atoms in total. The van der Waals surface area contributed by atoms with Gasteiger partial charge in [0.05, 0.1) is 4.70 Å². The summed E-state index contributed by atoms with van der Waals surface area (Å²) in [6.07, 6.45) is 0.792. The highest BCUT2D eigenvalue weighted by Gasteiger charge is 2.14. The summed E-state index contributed by atoms with van der Waals surface area (Å²) in [7, 11) is 1.85. The molecule has 1 heterocycles. The Morgan fingerprint density at radius 1 is 1.31 bits per heavy atom. The van der Waals surface area contributed by atoms with Gasteiger partial charge in [0, 0.05) is 22.9 Å². The molecule has 1 N–H and O–H groups in total. The van der Waals surface area contributed by atoms with Crippen molar-refractivity contribution >= 4 is 21.4 Å². The topological polar surface area (TPSA) is 12.0 Å². The summed E-state index contributed by atoms with van der Waals surface area (Å²) in [6.45, 7) is 2.70. The highest BCUT2D eigenvalue weighted by atomic mass is 32.1. The molecule has 0 aliphatic heterocycles. The van der Waals surface area contributed by atoms with Crippen LogP contribution in [-0.4, -0.2) is 7.05 Å². The van der Waals surface area contributed by atoms with Crippen LogP contribution < -0.4 is 5.32 Å². The second-order valence-electron chi connectivity index (χ2n) is 3.65. The van der Waals surface area contributed by atoms with Gasteiger partial charge in [-0.3, -0.25) is 0 Å². The number of hydrogen-bond acceptors (Lipinski definition) is 2. The molecule has 86 valence electrons. The standard InChI is InChI=1S/C12H13F2NS/c1-3-8-9-4-7(13)5-10(14)12(9)16-11(8)6-15-2/h4-5,15H,3,6H2,1-2H3. The Balaban J connectivity index is 2.71. The number of benzene rings is 1. The zero-order chi connectivity index (χ0) is 11.7. The van der Waals surface area contributed by atoms with Gasteiger partial charge in [-0.05, 0) is 25.1 Å². The van der Waals surface area contributed by atoms with Crippen molar-refractivity contribution in [3.63, 3.8) is 0 Å². The Kier molecular flexibility index (Phi) is 3.21. The van der Waals surface area contributed by atoms with Crippen molar-refractivity contribution in [3.05, 3.63) is 34.2 Å². The van der Waals surface area contributed by atoms with Crippen LogP contribution in [0.25, 0.3) is 10.1 Å². The van der Waals surface area contributed by atoms with Crippen molar-refractivity contribution in [2.45, 2.75) is 19.9 Å². The van der Waals surface area contributed by atoms with Crippen molar-refractivity contribution in [1.29, 1.82) is 0 Å². The molecule has 0 aliphatic carbocycles.